The number of nitriles is 1. The van der Waals surface area contributed by atoms with Gasteiger partial charge < -0.3 is 4.98 Å². The molecule has 28 heavy (non-hydrogen) atoms. The van der Waals surface area contributed by atoms with Crippen LogP contribution in [0.25, 0.3) is 21.3 Å². The molecule has 0 aliphatic carbocycles. The van der Waals surface area contributed by atoms with Crippen molar-refractivity contribution in [3.8, 4) is 17.3 Å². The van der Waals surface area contributed by atoms with Gasteiger partial charge in [-0.15, -0.1) is 11.3 Å². The van der Waals surface area contributed by atoms with Crippen LogP contribution in [0.15, 0.2) is 58.9 Å². The van der Waals surface area contributed by atoms with Crippen LogP contribution in [-0.2, 0) is 10.0 Å². The van der Waals surface area contributed by atoms with Crippen molar-refractivity contribution in [3.05, 3.63) is 71.0 Å². The van der Waals surface area contributed by atoms with Crippen molar-refractivity contribution in [1.82, 2.24) is 4.98 Å². The summed E-state index contributed by atoms with van der Waals surface area (Å²) in [6.45, 7) is 1.61. The van der Waals surface area contributed by atoms with Gasteiger partial charge in [0.1, 0.15) is 16.8 Å². The number of hydrogen-bond donors (Lipinski definition) is 2. The van der Waals surface area contributed by atoms with E-state index in [0.29, 0.717) is 11.3 Å². The van der Waals surface area contributed by atoms with Crippen LogP contribution < -0.4 is 4.72 Å². The summed E-state index contributed by atoms with van der Waals surface area (Å²) in [5.74, 6) is -0.773. The zero-order valence-electron chi connectivity index (χ0n) is 14.7. The summed E-state index contributed by atoms with van der Waals surface area (Å²) in [6, 6.07) is 13.5. The monoisotopic (exact) mass is 411 g/mol. The molecular formula is C20H14FN3O2S2. The van der Waals surface area contributed by atoms with Gasteiger partial charge in [-0.25, -0.2) is 12.8 Å². The minimum Gasteiger partial charge on any atom is -0.360 e. The lowest BCUT2D eigenvalue weighted by Crippen LogP contribution is -2.13. The topological polar surface area (TPSA) is 85.8 Å². The molecule has 0 saturated carbocycles. The van der Waals surface area contributed by atoms with Gasteiger partial charge in [0, 0.05) is 22.2 Å². The molecule has 0 aliphatic rings. The maximum absolute atomic E-state index is 13.9. The quantitative estimate of drug-likeness (QED) is 0.495. The maximum atomic E-state index is 13.9. The van der Waals surface area contributed by atoms with Gasteiger partial charge in [-0.3, -0.25) is 4.72 Å². The van der Waals surface area contributed by atoms with Crippen molar-refractivity contribution in [2.24, 2.45) is 0 Å². The standard InChI is InChI=1S/C20H14FN3O2S2/c1-12-7-14(10-22)17(21)9-18(12)24-28(25,26)15-8-19(23-11-15)16-4-2-3-13-5-6-27-20(13)16/h2-9,11,23-24H,1H3. The van der Waals surface area contributed by atoms with Gasteiger partial charge in [0.2, 0.25) is 0 Å². The lowest BCUT2D eigenvalue weighted by molar-refractivity contribution is 0.601. The third-order valence-electron chi connectivity index (χ3n) is 4.41. The smallest absolute Gasteiger partial charge is 0.263 e. The van der Waals surface area contributed by atoms with Gasteiger partial charge in [0.05, 0.1) is 11.3 Å². The van der Waals surface area contributed by atoms with Crippen LogP contribution in [-0.4, -0.2) is 13.4 Å². The zero-order chi connectivity index (χ0) is 19.9. The molecule has 2 aromatic carbocycles. The summed E-state index contributed by atoms with van der Waals surface area (Å²) < 4.78 is 42.9. The van der Waals surface area contributed by atoms with E-state index in [2.05, 4.69) is 9.71 Å². The second-order valence-electron chi connectivity index (χ2n) is 6.26. The van der Waals surface area contributed by atoms with Crippen molar-refractivity contribution >= 4 is 37.1 Å². The Morgan fingerprint density at radius 1 is 1.21 bits per heavy atom. The molecule has 0 aliphatic heterocycles. The molecule has 0 bridgehead atoms. The van der Waals surface area contributed by atoms with Gasteiger partial charge >= 0.3 is 0 Å². The van der Waals surface area contributed by atoms with Crippen LogP contribution in [0.3, 0.4) is 0 Å². The Hall–Kier alpha value is -3.15. The van der Waals surface area contributed by atoms with Crippen LogP contribution in [0.4, 0.5) is 10.1 Å². The predicted octanol–water partition coefficient (Wildman–Crippen LogP) is 5.02. The predicted molar refractivity (Wildman–Crippen MR) is 108 cm³/mol. The molecule has 2 heterocycles. The number of rotatable bonds is 4. The number of aromatic nitrogens is 1. The van der Waals surface area contributed by atoms with E-state index >= 15 is 0 Å². The fraction of sp³-hybridized carbons (Fsp3) is 0.0500. The second-order valence-corrected chi connectivity index (χ2v) is 8.86. The highest BCUT2D eigenvalue weighted by molar-refractivity contribution is 7.92. The van der Waals surface area contributed by atoms with E-state index < -0.39 is 15.8 Å². The molecule has 2 aromatic heterocycles. The Morgan fingerprint density at radius 3 is 2.82 bits per heavy atom. The second kappa shape index (κ2) is 6.78. The molecule has 4 rings (SSSR count). The molecule has 5 nitrogen and oxygen atoms in total. The van der Waals surface area contributed by atoms with Crippen LogP contribution in [0.1, 0.15) is 11.1 Å². The molecule has 0 fully saturated rings. The zero-order valence-corrected chi connectivity index (χ0v) is 16.3. The number of H-pyrrole nitrogens is 1. The largest absolute Gasteiger partial charge is 0.360 e. The average Bonchev–Trinajstić information content (AvgIpc) is 3.33. The lowest BCUT2D eigenvalue weighted by atomic mass is 10.1. The Kier molecular flexibility index (Phi) is 4.41. The van der Waals surface area contributed by atoms with Gasteiger partial charge in [-0.1, -0.05) is 18.2 Å². The van der Waals surface area contributed by atoms with Crippen LogP contribution in [0.5, 0.6) is 0 Å². The number of thiophene rings is 1. The van der Waals surface area contributed by atoms with Crippen molar-refractivity contribution in [2.45, 2.75) is 11.8 Å². The average molecular weight is 411 g/mol. The van der Waals surface area contributed by atoms with Crippen molar-refractivity contribution in [2.75, 3.05) is 4.72 Å². The summed E-state index contributed by atoms with van der Waals surface area (Å²) in [5.41, 5.74) is 2.01. The number of sulfonamides is 1. The van der Waals surface area contributed by atoms with E-state index in [-0.39, 0.29) is 16.1 Å². The van der Waals surface area contributed by atoms with Crippen molar-refractivity contribution < 1.29 is 12.8 Å². The summed E-state index contributed by atoms with van der Waals surface area (Å²) in [4.78, 5) is 3.05. The third-order valence-corrected chi connectivity index (χ3v) is 6.72. The van der Waals surface area contributed by atoms with E-state index in [1.807, 2.05) is 29.6 Å². The fourth-order valence-corrected chi connectivity index (χ4v) is 5.01. The highest BCUT2D eigenvalue weighted by atomic mass is 32.2. The van der Waals surface area contributed by atoms with Crippen molar-refractivity contribution in [3.63, 3.8) is 0 Å². The number of aromatic amines is 1. The van der Waals surface area contributed by atoms with Gasteiger partial charge in [0.15, 0.2) is 0 Å². The first kappa shape index (κ1) is 18.2. The maximum Gasteiger partial charge on any atom is 0.263 e. The molecule has 0 saturated heterocycles. The van der Waals surface area contributed by atoms with Gasteiger partial charge in [0.25, 0.3) is 10.0 Å². The summed E-state index contributed by atoms with van der Waals surface area (Å²) >= 11 is 1.58. The number of fused-ring (bicyclic) bond motifs is 1. The molecular weight excluding hydrogens is 397 g/mol. The molecule has 0 amide bonds. The number of benzene rings is 2. The molecule has 0 unspecified atom stereocenters. The highest BCUT2D eigenvalue weighted by Crippen LogP contribution is 2.33. The number of hydrogen-bond acceptors (Lipinski definition) is 4. The third kappa shape index (κ3) is 3.15. The van der Waals surface area contributed by atoms with Crippen molar-refractivity contribution in [1.29, 1.82) is 5.26 Å². The Balaban J connectivity index is 1.70. The van der Waals surface area contributed by atoms with E-state index in [1.54, 1.807) is 30.4 Å². The summed E-state index contributed by atoms with van der Waals surface area (Å²) in [7, 11) is -3.93. The van der Waals surface area contributed by atoms with E-state index in [9.17, 15) is 12.8 Å². The normalized spacial score (nSPS) is 11.5. The molecule has 140 valence electrons. The summed E-state index contributed by atoms with van der Waals surface area (Å²) in [6.07, 6.45) is 1.40. The number of nitrogens with zero attached hydrogens (tertiary/aromatic N) is 1. The first-order valence-corrected chi connectivity index (χ1v) is 10.6. The SMILES string of the molecule is Cc1cc(C#N)c(F)cc1NS(=O)(=O)c1c[nH]c(-c2cccc3ccsc23)c1. The first-order valence-electron chi connectivity index (χ1n) is 8.27. The Morgan fingerprint density at radius 2 is 2.04 bits per heavy atom. The number of halogens is 1. The minimum atomic E-state index is -3.93. The molecule has 2 N–H and O–H groups in total. The van der Waals surface area contributed by atoms with Crippen LogP contribution in [0.2, 0.25) is 0 Å². The first-order chi connectivity index (χ1) is 13.4. The van der Waals surface area contributed by atoms with E-state index in [1.165, 1.54) is 12.3 Å². The summed E-state index contributed by atoms with van der Waals surface area (Å²) in [5, 5.41) is 12.0. The highest BCUT2D eigenvalue weighted by Gasteiger charge is 2.19. The number of aryl methyl sites for hydroxylation is 1. The molecule has 8 heteroatoms. The molecule has 0 atom stereocenters. The molecule has 4 aromatic rings. The van der Waals surface area contributed by atoms with Crippen LogP contribution >= 0.6 is 11.3 Å². The van der Waals surface area contributed by atoms with E-state index in [4.69, 9.17) is 5.26 Å². The fourth-order valence-electron chi connectivity index (χ4n) is 2.97. The molecule has 0 radical (unpaired) electrons. The lowest BCUT2D eigenvalue weighted by Gasteiger charge is -2.10. The van der Waals surface area contributed by atoms with Gasteiger partial charge in [-0.05, 0) is 47.5 Å². The van der Waals surface area contributed by atoms with Crippen LogP contribution in [0, 0.1) is 24.1 Å². The Bertz CT molecular complexity index is 1350. The minimum absolute atomic E-state index is 0.0419. The Labute approximate surface area is 165 Å². The van der Waals surface area contributed by atoms with E-state index in [0.717, 1.165) is 21.7 Å². The molecule has 0 spiro atoms. The number of nitrogens with one attached hydrogen (secondary N) is 2. The number of anilines is 1. The van der Waals surface area contributed by atoms with Gasteiger partial charge in [-0.2, -0.15) is 5.26 Å².